The van der Waals surface area contributed by atoms with Crippen LogP contribution in [0, 0.1) is 17.8 Å². The predicted molar refractivity (Wildman–Crippen MR) is 113 cm³/mol. The molecule has 0 spiro atoms. The van der Waals surface area contributed by atoms with E-state index in [9.17, 15) is 9.90 Å². The summed E-state index contributed by atoms with van der Waals surface area (Å²) in [5, 5.41) is 9.38. The van der Waals surface area contributed by atoms with Crippen molar-refractivity contribution in [2.45, 2.75) is 43.9 Å². The highest BCUT2D eigenvalue weighted by Gasteiger charge is 2.52. The SMILES string of the molecule is COc1ccc(C=Nc2ccccc2C(=O)O)cc1C12CC3CC(CC(C3)C1)C2. The Balaban J connectivity index is 1.51. The van der Waals surface area contributed by atoms with Gasteiger partial charge in [-0.3, -0.25) is 4.99 Å². The Hall–Kier alpha value is -2.62. The van der Waals surface area contributed by atoms with E-state index in [1.165, 1.54) is 44.1 Å². The van der Waals surface area contributed by atoms with Crippen molar-refractivity contribution < 1.29 is 14.6 Å². The van der Waals surface area contributed by atoms with Crippen molar-refractivity contribution in [1.29, 1.82) is 0 Å². The minimum Gasteiger partial charge on any atom is -0.496 e. The number of benzene rings is 2. The van der Waals surface area contributed by atoms with Crippen LogP contribution in [0.2, 0.25) is 0 Å². The molecule has 1 N–H and O–H groups in total. The molecule has 0 aromatic heterocycles. The van der Waals surface area contributed by atoms with Crippen molar-refractivity contribution in [3.8, 4) is 5.75 Å². The third-order valence-corrected chi connectivity index (χ3v) is 7.32. The van der Waals surface area contributed by atoms with E-state index in [0.29, 0.717) is 5.69 Å². The molecule has 0 aliphatic heterocycles. The normalized spacial score (nSPS) is 30.0. The molecule has 6 rings (SSSR count). The van der Waals surface area contributed by atoms with Gasteiger partial charge >= 0.3 is 5.97 Å². The molecule has 150 valence electrons. The molecule has 0 unspecified atom stereocenters. The molecule has 4 heteroatoms. The van der Waals surface area contributed by atoms with Crippen LogP contribution in [0.5, 0.6) is 5.75 Å². The summed E-state index contributed by atoms with van der Waals surface area (Å²) < 4.78 is 5.78. The average molecular weight is 389 g/mol. The quantitative estimate of drug-likeness (QED) is 0.676. The fourth-order valence-corrected chi connectivity index (χ4v) is 6.57. The molecule has 0 heterocycles. The van der Waals surface area contributed by atoms with E-state index < -0.39 is 5.97 Å². The van der Waals surface area contributed by atoms with Gasteiger partial charge in [0.15, 0.2) is 0 Å². The second kappa shape index (κ2) is 7.01. The fourth-order valence-electron chi connectivity index (χ4n) is 6.57. The van der Waals surface area contributed by atoms with E-state index in [4.69, 9.17) is 4.74 Å². The summed E-state index contributed by atoms with van der Waals surface area (Å²) in [7, 11) is 1.76. The van der Waals surface area contributed by atoms with Crippen molar-refractivity contribution in [2.75, 3.05) is 7.11 Å². The fraction of sp³-hybridized carbons (Fsp3) is 0.440. The average Bonchev–Trinajstić information content (AvgIpc) is 2.71. The number of carbonyl (C=O) groups is 1. The van der Waals surface area contributed by atoms with Crippen LogP contribution in [0.3, 0.4) is 0 Å². The molecule has 0 saturated heterocycles. The number of rotatable bonds is 5. The Morgan fingerprint density at radius 2 is 1.72 bits per heavy atom. The third-order valence-electron chi connectivity index (χ3n) is 7.32. The number of nitrogens with zero attached hydrogens (tertiary/aromatic N) is 1. The van der Waals surface area contributed by atoms with E-state index >= 15 is 0 Å². The second-order valence-corrected chi connectivity index (χ2v) is 9.24. The lowest BCUT2D eigenvalue weighted by molar-refractivity contribution is -0.00616. The van der Waals surface area contributed by atoms with Gasteiger partial charge in [-0.15, -0.1) is 0 Å². The molecule has 4 saturated carbocycles. The van der Waals surface area contributed by atoms with Gasteiger partial charge in [-0.2, -0.15) is 0 Å². The van der Waals surface area contributed by atoms with Gasteiger partial charge in [0.2, 0.25) is 0 Å². The first-order chi connectivity index (χ1) is 14.1. The molecule has 0 radical (unpaired) electrons. The number of carboxylic acids is 1. The molecule has 29 heavy (non-hydrogen) atoms. The van der Waals surface area contributed by atoms with Crippen LogP contribution in [0.15, 0.2) is 47.5 Å². The van der Waals surface area contributed by atoms with Crippen molar-refractivity contribution in [2.24, 2.45) is 22.7 Å². The first-order valence-corrected chi connectivity index (χ1v) is 10.6. The summed E-state index contributed by atoms with van der Waals surface area (Å²) in [5.74, 6) is 2.62. The number of methoxy groups -OCH3 is 1. The number of ether oxygens (including phenoxy) is 1. The van der Waals surface area contributed by atoms with Crippen molar-refractivity contribution >= 4 is 17.9 Å². The minimum atomic E-state index is -0.957. The van der Waals surface area contributed by atoms with Gasteiger partial charge in [0.1, 0.15) is 5.75 Å². The van der Waals surface area contributed by atoms with Gasteiger partial charge in [-0.1, -0.05) is 12.1 Å². The zero-order valence-corrected chi connectivity index (χ0v) is 16.8. The summed E-state index contributed by atoms with van der Waals surface area (Å²) in [6, 6.07) is 13.2. The van der Waals surface area contributed by atoms with Crippen molar-refractivity contribution in [3.63, 3.8) is 0 Å². The number of aliphatic imine (C=N–C) groups is 1. The Kier molecular flexibility index (Phi) is 4.45. The molecule has 4 bridgehead atoms. The topological polar surface area (TPSA) is 58.9 Å². The third kappa shape index (κ3) is 3.25. The molecule has 0 amide bonds. The van der Waals surface area contributed by atoms with E-state index in [1.54, 1.807) is 31.5 Å². The van der Waals surface area contributed by atoms with Crippen LogP contribution in [0.1, 0.15) is 60.0 Å². The smallest absolute Gasteiger partial charge is 0.337 e. The zero-order chi connectivity index (χ0) is 20.0. The molecular weight excluding hydrogens is 362 g/mol. The van der Waals surface area contributed by atoms with Crippen LogP contribution in [0.4, 0.5) is 5.69 Å². The minimum absolute atomic E-state index is 0.221. The number of carboxylic acid groups (broad SMARTS) is 1. The van der Waals surface area contributed by atoms with Gasteiger partial charge in [-0.25, -0.2) is 4.79 Å². The van der Waals surface area contributed by atoms with Gasteiger partial charge in [-0.05, 0) is 97.6 Å². The van der Waals surface area contributed by atoms with Crippen LogP contribution in [0.25, 0.3) is 0 Å². The Morgan fingerprint density at radius 1 is 1.07 bits per heavy atom. The Morgan fingerprint density at radius 3 is 2.34 bits per heavy atom. The summed E-state index contributed by atoms with van der Waals surface area (Å²) >= 11 is 0. The molecule has 4 aliphatic carbocycles. The highest BCUT2D eigenvalue weighted by atomic mass is 16.5. The van der Waals surface area contributed by atoms with E-state index in [2.05, 4.69) is 17.1 Å². The molecule has 2 aromatic rings. The molecule has 2 aromatic carbocycles. The highest BCUT2D eigenvalue weighted by Crippen LogP contribution is 2.61. The second-order valence-electron chi connectivity index (χ2n) is 9.24. The molecular formula is C25H27NO3. The maximum absolute atomic E-state index is 11.4. The highest BCUT2D eigenvalue weighted by molar-refractivity contribution is 5.95. The van der Waals surface area contributed by atoms with Crippen LogP contribution in [-0.2, 0) is 5.41 Å². The Bertz CT molecular complexity index is 942. The van der Waals surface area contributed by atoms with E-state index in [-0.39, 0.29) is 11.0 Å². The molecule has 4 fully saturated rings. The lowest BCUT2D eigenvalue weighted by Crippen LogP contribution is -2.48. The maximum Gasteiger partial charge on any atom is 0.337 e. The predicted octanol–water partition coefficient (Wildman–Crippen LogP) is 5.61. The standard InChI is InChI=1S/C25H27NO3/c1-29-23-7-6-16(15-26-22-5-3-2-4-20(22)24(27)28)11-21(23)25-12-17-8-18(13-25)10-19(9-17)14-25/h2-7,11,15,17-19H,8-10,12-14H2,1H3,(H,27,28). The number of aromatic carboxylic acids is 1. The number of hydrogen-bond donors (Lipinski definition) is 1. The number of para-hydroxylation sites is 1. The van der Waals surface area contributed by atoms with Gasteiger partial charge < -0.3 is 9.84 Å². The van der Waals surface area contributed by atoms with Crippen LogP contribution >= 0.6 is 0 Å². The lowest BCUT2D eigenvalue weighted by atomic mass is 9.48. The van der Waals surface area contributed by atoms with Crippen molar-refractivity contribution in [3.05, 3.63) is 59.2 Å². The van der Waals surface area contributed by atoms with Gasteiger partial charge in [0.05, 0.1) is 18.4 Å². The summed E-state index contributed by atoms with van der Waals surface area (Å²) in [6.45, 7) is 0. The first kappa shape index (κ1) is 18.4. The maximum atomic E-state index is 11.4. The van der Waals surface area contributed by atoms with E-state index in [1.807, 2.05) is 12.1 Å². The summed E-state index contributed by atoms with van der Waals surface area (Å²) in [5.41, 5.74) is 3.26. The van der Waals surface area contributed by atoms with Gasteiger partial charge in [0, 0.05) is 11.8 Å². The largest absolute Gasteiger partial charge is 0.496 e. The monoisotopic (exact) mass is 389 g/mol. The van der Waals surface area contributed by atoms with Crippen LogP contribution < -0.4 is 4.74 Å². The lowest BCUT2D eigenvalue weighted by Gasteiger charge is -2.57. The Labute approximate surface area is 171 Å². The van der Waals surface area contributed by atoms with Crippen LogP contribution in [-0.4, -0.2) is 24.4 Å². The summed E-state index contributed by atoms with van der Waals surface area (Å²) in [4.78, 5) is 15.9. The molecule has 4 nitrogen and oxygen atoms in total. The van der Waals surface area contributed by atoms with Crippen molar-refractivity contribution in [1.82, 2.24) is 0 Å². The zero-order valence-electron chi connectivity index (χ0n) is 16.8. The number of hydrogen-bond acceptors (Lipinski definition) is 3. The molecule has 4 aliphatic rings. The van der Waals surface area contributed by atoms with E-state index in [0.717, 1.165) is 29.1 Å². The first-order valence-electron chi connectivity index (χ1n) is 10.6. The molecule has 0 atom stereocenters. The van der Waals surface area contributed by atoms with Gasteiger partial charge in [0.25, 0.3) is 0 Å². The summed E-state index contributed by atoms with van der Waals surface area (Å²) in [6.07, 6.45) is 9.84.